The molecule has 0 saturated carbocycles. The van der Waals surface area contributed by atoms with Crippen LogP contribution in [0.3, 0.4) is 0 Å². The zero-order valence-electron chi connectivity index (χ0n) is 12.0. The van der Waals surface area contributed by atoms with Gasteiger partial charge in [-0.15, -0.1) is 5.10 Å². The van der Waals surface area contributed by atoms with Crippen LogP contribution in [0.2, 0.25) is 0 Å². The summed E-state index contributed by atoms with van der Waals surface area (Å²) < 4.78 is 6.80. The standard InChI is InChI=1S/C15H19N3O2/c1-11(2)13-6-4-12(5-7-13)8-18-15(10-20-3)14(9-19)16-17-18/h4-7,9,11H,8,10H2,1-3H3. The Bertz CT molecular complexity index is 573. The minimum Gasteiger partial charge on any atom is -0.378 e. The van der Waals surface area contributed by atoms with E-state index in [0.29, 0.717) is 36.7 Å². The van der Waals surface area contributed by atoms with Crippen molar-refractivity contribution in [3.8, 4) is 0 Å². The fourth-order valence-corrected chi connectivity index (χ4v) is 2.03. The van der Waals surface area contributed by atoms with Gasteiger partial charge in [0.2, 0.25) is 0 Å². The van der Waals surface area contributed by atoms with Crippen LogP contribution in [-0.2, 0) is 17.9 Å². The van der Waals surface area contributed by atoms with Gasteiger partial charge in [0.25, 0.3) is 0 Å². The smallest absolute Gasteiger partial charge is 0.172 e. The minimum atomic E-state index is 0.325. The maximum Gasteiger partial charge on any atom is 0.172 e. The topological polar surface area (TPSA) is 57.0 Å². The van der Waals surface area contributed by atoms with E-state index in [9.17, 15) is 4.79 Å². The van der Waals surface area contributed by atoms with E-state index in [0.717, 1.165) is 5.56 Å². The van der Waals surface area contributed by atoms with Gasteiger partial charge in [-0.3, -0.25) is 4.79 Å². The lowest BCUT2D eigenvalue weighted by molar-refractivity contribution is 0.111. The molecule has 106 valence electrons. The highest BCUT2D eigenvalue weighted by atomic mass is 16.5. The molecule has 0 aliphatic carbocycles. The van der Waals surface area contributed by atoms with Crippen molar-refractivity contribution in [2.75, 3.05) is 7.11 Å². The molecule has 2 rings (SSSR count). The summed E-state index contributed by atoms with van der Waals surface area (Å²) in [4.78, 5) is 10.9. The third kappa shape index (κ3) is 3.11. The third-order valence-corrected chi connectivity index (χ3v) is 3.24. The number of hydrogen-bond donors (Lipinski definition) is 0. The zero-order chi connectivity index (χ0) is 14.5. The normalized spacial score (nSPS) is 11.0. The molecule has 0 fully saturated rings. The Kier molecular flexibility index (Phi) is 4.63. The van der Waals surface area contributed by atoms with Crippen molar-refractivity contribution in [3.05, 3.63) is 46.8 Å². The van der Waals surface area contributed by atoms with E-state index < -0.39 is 0 Å². The predicted octanol–water partition coefficient (Wildman–Crippen LogP) is 2.41. The average Bonchev–Trinajstić information content (AvgIpc) is 2.82. The lowest BCUT2D eigenvalue weighted by Crippen LogP contribution is -2.08. The summed E-state index contributed by atoms with van der Waals surface area (Å²) in [6.07, 6.45) is 0.708. The van der Waals surface area contributed by atoms with Crippen molar-refractivity contribution in [1.29, 1.82) is 0 Å². The van der Waals surface area contributed by atoms with Crippen molar-refractivity contribution in [3.63, 3.8) is 0 Å². The number of aldehydes is 1. The minimum absolute atomic E-state index is 0.325. The van der Waals surface area contributed by atoms with Crippen molar-refractivity contribution in [2.45, 2.75) is 32.9 Å². The van der Waals surface area contributed by atoms with Gasteiger partial charge in [-0.1, -0.05) is 43.3 Å². The summed E-state index contributed by atoms with van der Waals surface area (Å²) >= 11 is 0. The molecular weight excluding hydrogens is 254 g/mol. The highest BCUT2D eigenvalue weighted by Crippen LogP contribution is 2.16. The number of methoxy groups -OCH3 is 1. The van der Waals surface area contributed by atoms with Crippen LogP contribution in [0.15, 0.2) is 24.3 Å². The van der Waals surface area contributed by atoms with Gasteiger partial charge in [0.1, 0.15) is 0 Å². The molecule has 0 unspecified atom stereocenters. The van der Waals surface area contributed by atoms with E-state index in [1.807, 2.05) is 0 Å². The Hall–Kier alpha value is -2.01. The van der Waals surface area contributed by atoms with Crippen LogP contribution in [0.25, 0.3) is 0 Å². The zero-order valence-corrected chi connectivity index (χ0v) is 12.0. The lowest BCUT2D eigenvalue weighted by Gasteiger charge is -2.09. The molecule has 5 heteroatoms. The highest BCUT2D eigenvalue weighted by Gasteiger charge is 2.12. The number of rotatable bonds is 6. The quantitative estimate of drug-likeness (QED) is 0.758. The predicted molar refractivity (Wildman–Crippen MR) is 75.8 cm³/mol. The van der Waals surface area contributed by atoms with Crippen LogP contribution < -0.4 is 0 Å². The number of carbonyl (C=O) groups is 1. The number of benzene rings is 1. The van der Waals surface area contributed by atoms with Crippen molar-refractivity contribution in [1.82, 2.24) is 15.0 Å². The fraction of sp³-hybridized carbons (Fsp3) is 0.400. The number of aromatic nitrogens is 3. The first-order valence-electron chi connectivity index (χ1n) is 6.61. The molecule has 5 nitrogen and oxygen atoms in total. The second-order valence-corrected chi connectivity index (χ2v) is 5.03. The van der Waals surface area contributed by atoms with Crippen molar-refractivity contribution in [2.24, 2.45) is 0 Å². The van der Waals surface area contributed by atoms with Crippen LogP contribution >= 0.6 is 0 Å². The van der Waals surface area contributed by atoms with E-state index in [1.165, 1.54) is 5.56 Å². The average molecular weight is 273 g/mol. The first kappa shape index (κ1) is 14.4. The Balaban J connectivity index is 2.21. The number of carbonyl (C=O) groups excluding carboxylic acids is 1. The molecule has 1 aromatic heterocycles. The Labute approximate surface area is 118 Å². The fourth-order valence-electron chi connectivity index (χ4n) is 2.03. The first-order valence-corrected chi connectivity index (χ1v) is 6.61. The Morgan fingerprint density at radius 3 is 2.55 bits per heavy atom. The maximum atomic E-state index is 10.9. The second-order valence-electron chi connectivity index (χ2n) is 5.03. The number of ether oxygens (including phenoxy) is 1. The van der Waals surface area contributed by atoms with Gasteiger partial charge in [0.15, 0.2) is 12.0 Å². The van der Waals surface area contributed by atoms with Gasteiger partial charge in [-0.25, -0.2) is 4.68 Å². The van der Waals surface area contributed by atoms with E-state index >= 15 is 0 Å². The van der Waals surface area contributed by atoms with Crippen LogP contribution in [0, 0.1) is 0 Å². The highest BCUT2D eigenvalue weighted by molar-refractivity contribution is 5.73. The molecular formula is C15H19N3O2. The molecule has 0 radical (unpaired) electrons. The summed E-state index contributed by atoms with van der Waals surface area (Å²) in [5.41, 5.74) is 3.47. The van der Waals surface area contributed by atoms with Crippen LogP contribution in [-0.4, -0.2) is 28.4 Å². The van der Waals surface area contributed by atoms with Crippen LogP contribution in [0.5, 0.6) is 0 Å². The van der Waals surface area contributed by atoms with E-state index in [1.54, 1.807) is 11.8 Å². The largest absolute Gasteiger partial charge is 0.378 e. The molecule has 0 spiro atoms. The lowest BCUT2D eigenvalue weighted by atomic mass is 10.0. The van der Waals surface area contributed by atoms with Gasteiger partial charge in [-0.05, 0) is 17.0 Å². The monoisotopic (exact) mass is 273 g/mol. The molecule has 1 aromatic carbocycles. The Morgan fingerprint density at radius 1 is 1.30 bits per heavy atom. The molecule has 0 saturated heterocycles. The number of nitrogens with zero attached hydrogens (tertiary/aromatic N) is 3. The van der Waals surface area contributed by atoms with Gasteiger partial charge >= 0.3 is 0 Å². The summed E-state index contributed by atoms with van der Waals surface area (Å²) in [5, 5.41) is 7.87. The van der Waals surface area contributed by atoms with Crippen molar-refractivity contribution < 1.29 is 9.53 Å². The molecule has 0 N–H and O–H groups in total. The number of hydrogen-bond acceptors (Lipinski definition) is 4. The van der Waals surface area contributed by atoms with Gasteiger partial charge in [0.05, 0.1) is 18.8 Å². The van der Waals surface area contributed by atoms with Gasteiger partial charge in [-0.2, -0.15) is 0 Å². The van der Waals surface area contributed by atoms with E-state index in [2.05, 4.69) is 48.4 Å². The second kappa shape index (κ2) is 6.43. The molecule has 0 aliphatic rings. The van der Waals surface area contributed by atoms with Crippen LogP contribution in [0.4, 0.5) is 0 Å². The van der Waals surface area contributed by atoms with Crippen molar-refractivity contribution >= 4 is 6.29 Å². The Morgan fingerprint density at radius 2 is 2.00 bits per heavy atom. The van der Waals surface area contributed by atoms with Crippen LogP contribution in [0.1, 0.15) is 47.1 Å². The molecule has 0 atom stereocenters. The summed E-state index contributed by atoms with van der Waals surface area (Å²) in [6.45, 7) is 5.24. The molecule has 1 heterocycles. The van der Waals surface area contributed by atoms with Gasteiger partial charge in [0, 0.05) is 7.11 Å². The first-order chi connectivity index (χ1) is 9.65. The van der Waals surface area contributed by atoms with E-state index in [-0.39, 0.29) is 0 Å². The maximum absolute atomic E-state index is 10.9. The summed E-state index contributed by atoms with van der Waals surface area (Å²) in [5.74, 6) is 0.515. The van der Waals surface area contributed by atoms with Gasteiger partial charge < -0.3 is 4.74 Å². The molecule has 2 aromatic rings. The summed E-state index contributed by atoms with van der Waals surface area (Å²) in [7, 11) is 1.59. The molecule has 20 heavy (non-hydrogen) atoms. The molecule has 0 bridgehead atoms. The SMILES string of the molecule is COCc1c(C=O)nnn1Cc1ccc(C(C)C)cc1. The molecule has 0 aliphatic heterocycles. The summed E-state index contributed by atoms with van der Waals surface area (Å²) in [6, 6.07) is 8.39. The van der Waals surface area contributed by atoms with E-state index in [4.69, 9.17) is 4.74 Å². The third-order valence-electron chi connectivity index (χ3n) is 3.24. The molecule has 0 amide bonds.